The number of nitrogens with one attached hydrogen (secondary N) is 1. The number of phenols is 1. The molecule has 1 aliphatic heterocycles. The summed E-state index contributed by atoms with van der Waals surface area (Å²) in [7, 11) is 4.60. The summed E-state index contributed by atoms with van der Waals surface area (Å²) in [4.78, 5) is 16.7. The number of anilines is 2. The van der Waals surface area contributed by atoms with Crippen molar-refractivity contribution in [1.29, 1.82) is 0 Å². The Morgan fingerprint density at radius 3 is 2.17 bits per heavy atom. The van der Waals surface area contributed by atoms with Gasteiger partial charge in [-0.2, -0.15) is 0 Å². The van der Waals surface area contributed by atoms with Crippen LogP contribution in [0, 0.1) is 0 Å². The summed E-state index contributed by atoms with van der Waals surface area (Å²) in [6.07, 6.45) is 0. The summed E-state index contributed by atoms with van der Waals surface area (Å²) in [5.74, 6) is 1.61. The molecule has 1 aliphatic rings. The second-order valence-corrected chi connectivity index (χ2v) is 6.71. The fourth-order valence-electron chi connectivity index (χ4n) is 3.44. The number of piperazine rings is 1. The van der Waals surface area contributed by atoms with Gasteiger partial charge in [-0.15, -0.1) is 0 Å². The maximum absolute atomic E-state index is 12.5. The van der Waals surface area contributed by atoms with Crippen LogP contribution in [-0.2, 0) is 4.79 Å². The molecule has 3 rings (SSSR count). The zero-order valence-corrected chi connectivity index (χ0v) is 17.0. The molecule has 2 aromatic carbocycles. The second-order valence-electron chi connectivity index (χ2n) is 6.71. The number of aromatic hydroxyl groups is 1. The van der Waals surface area contributed by atoms with Crippen molar-refractivity contribution in [1.82, 2.24) is 4.90 Å². The van der Waals surface area contributed by atoms with Crippen molar-refractivity contribution in [2.45, 2.75) is 0 Å². The van der Waals surface area contributed by atoms with Gasteiger partial charge in [0.2, 0.25) is 11.7 Å². The van der Waals surface area contributed by atoms with Crippen molar-refractivity contribution in [2.75, 3.05) is 64.3 Å². The number of rotatable bonds is 7. The van der Waals surface area contributed by atoms with Gasteiger partial charge in [-0.25, -0.2) is 0 Å². The van der Waals surface area contributed by atoms with Crippen LogP contribution >= 0.6 is 0 Å². The lowest BCUT2D eigenvalue weighted by atomic mass is 10.2. The average molecular weight is 401 g/mol. The van der Waals surface area contributed by atoms with Crippen LogP contribution in [0.3, 0.4) is 0 Å². The van der Waals surface area contributed by atoms with Gasteiger partial charge < -0.3 is 29.5 Å². The molecule has 1 saturated heterocycles. The SMILES string of the molecule is COc1cc(NC(=O)CN2CCN(c3ccccc3O)CC2)cc(OC)c1OC. The molecule has 2 N–H and O–H groups in total. The molecule has 8 nitrogen and oxygen atoms in total. The van der Waals surface area contributed by atoms with Crippen LogP contribution in [0.1, 0.15) is 0 Å². The third-order valence-electron chi connectivity index (χ3n) is 4.91. The third-order valence-corrected chi connectivity index (χ3v) is 4.91. The van der Waals surface area contributed by atoms with E-state index in [-0.39, 0.29) is 18.2 Å². The Hall–Kier alpha value is -3.13. The molecule has 0 aliphatic carbocycles. The standard InChI is InChI=1S/C21H27N3O5/c1-27-18-12-15(13-19(28-2)21(18)29-3)22-20(26)14-23-8-10-24(11-9-23)16-6-4-5-7-17(16)25/h4-7,12-13,25H,8-11,14H2,1-3H3,(H,22,26). The monoisotopic (exact) mass is 401 g/mol. The first kappa shape index (κ1) is 20.6. The summed E-state index contributed by atoms with van der Waals surface area (Å²) in [6, 6.07) is 10.7. The lowest BCUT2D eigenvalue weighted by Crippen LogP contribution is -2.48. The first-order valence-corrected chi connectivity index (χ1v) is 9.41. The first-order chi connectivity index (χ1) is 14.0. The highest BCUT2D eigenvalue weighted by Crippen LogP contribution is 2.39. The number of hydrogen-bond acceptors (Lipinski definition) is 7. The zero-order chi connectivity index (χ0) is 20.8. The van der Waals surface area contributed by atoms with Gasteiger partial charge in [0.1, 0.15) is 5.75 Å². The Kier molecular flexibility index (Phi) is 6.66. The molecule has 0 unspecified atom stereocenters. The van der Waals surface area contributed by atoms with Gasteiger partial charge in [0, 0.05) is 44.0 Å². The van der Waals surface area contributed by atoms with Crippen LogP contribution in [0.2, 0.25) is 0 Å². The van der Waals surface area contributed by atoms with Crippen LogP contribution in [0.15, 0.2) is 36.4 Å². The number of hydrogen-bond donors (Lipinski definition) is 2. The van der Waals surface area contributed by atoms with Crippen LogP contribution in [-0.4, -0.2) is 70.0 Å². The maximum atomic E-state index is 12.5. The number of carbonyl (C=O) groups excluding carboxylic acids is 1. The second kappa shape index (κ2) is 9.38. The number of nitrogens with zero attached hydrogens (tertiary/aromatic N) is 2. The number of carbonyl (C=O) groups is 1. The molecule has 1 amide bonds. The van der Waals surface area contributed by atoms with E-state index in [9.17, 15) is 9.90 Å². The van der Waals surface area contributed by atoms with Crippen LogP contribution < -0.4 is 24.4 Å². The molecular weight excluding hydrogens is 374 g/mol. The minimum absolute atomic E-state index is 0.115. The zero-order valence-electron chi connectivity index (χ0n) is 17.0. The fourth-order valence-corrected chi connectivity index (χ4v) is 3.44. The molecule has 0 radical (unpaired) electrons. The number of ether oxygens (including phenoxy) is 3. The summed E-state index contributed by atoms with van der Waals surface area (Å²) in [5.41, 5.74) is 1.41. The highest BCUT2D eigenvalue weighted by Gasteiger charge is 2.21. The molecule has 156 valence electrons. The largest absolute Gasteiger partial charge is 0.506 e. The molecule has 1 heterocycles. The minimum atomic E-state index is -0.115. The van der Waals surface area contributed by atoms with Crippen molar-refractivity contribution >= 4 is 17.3 Å². The van der Waals surface area contributed by atoms with Crippen molar-refractivity contribution in [3.8, 4) is 23.0 Å². The van der Waals surface area contributed by atoms with Crippen molar-refractivity contribution < 1.29 is 24.1 Å². The quantitative estimate of drug-likeness (QED) is 0.736. The molecule has 2 aromatic rings. The Bertz CT molecular complexity index is 825. The third kappa shape index (κ3) is 4.83. The Morgan fingerprint density at radius 1 is 1.00 bits per heavy atom. The van der Waals surface area contributed by atoms with Crippen molar-refractivity contribution in [3.63, 3.8) is 0 Å². The first-order valence-electron chi connectivity index (χ1n) is 9.41. The van der Waals surface area contributed by atoms with Crippen LogP contribution in [0.5, 0.6) is 23.0 Å². The lowest BCUT2D eigenvalue weighted by Gasteiger charge is -2.35. The van der Waals surface area contributed by atoms with E-state index in [2.05, 4.69) is 15.1 Å². The molecule has 0 aromatic heterocycles. The number of phenolic OH excluding ortho intramolecular Hbond substituents is 1. The topological polar surface area (TPSA) is 83.5 Å². The van der Waals surface area contributed by atoms with E-state index in [1.165, 1.54) is 21.3 Å². The smallest absolute Gasteiger partial charge is 0.238 e. The predicted octanol–water partition coefficient (Wildman–Crippen LogP) is 2.18. The molecule has 8 heteroatoms. The van der Waals surface area contributed by atoms with Gasteiger partial charge in [0.25, 0.3) is 0 Å². The number of para-hydroxylation sites is 2. The average Bonchev–Trinajstić information content (AvgIpc) is 2.74. The van der Waals surface area contributed by atoms with Gasteiger partial charge in [-0.1, -0.05) is 12.1 Å². The van der Waals surface area contributed by atoms with Crippen LogP contribution in [0.25, 0.3) is 0 Å². The van der Waals surface area contributed by atoms with Gasteiger partial charge >= 0.3 is 0 Å². The molecule has 0 atom stereocenters. The van der Waals surface area contributed by atoms with Crippen molar-refractivity contribution in [2.24, 2.45) is 0 Å². The van der Waals surface area contributed by atoms with E-state index in [1.807, 2.05) is 18.2 Å². The Morgan fingerprint density at radius 2 is 1.62 bits per heavy atom. The molecule has 0 saturated carbocycles. The molecule has 29 heavy (non-hydrogen) atoms. The summed E-state index contributed by atoms with van der Waals surface area (Å²) >= 11 is 0. The van der Waals surface area contributed by atoms with Crippen LogP contribution in [0.4, 0.5) is 11.4 Å². The van der Waals surface area contributed by atoms with E-state index < -0.39 is 0 Å². The Balaban J connectivity index is 1.57. The maximum Gasteiger partial charge on any atom is 0.238 e. The number of amides is 1. The van der Waals surface area contributed by atoms with Gasteiger partial charge in [0.15, 0.2) is 11.5 Å². The van der Waals surface area contributed by atoms with E-state index in [0.717, 1.165) is 31.9 Å². The van der Waals surface area contributed by atoms with Crippen molar-refractivity contribution in [3.05, 3.63) is 36.4 Å². The van der Waals surface area contributed by atoms with Gasteiger partial charge in [0.05, 0.1) is 33.6 Å². The molecule has 0 spiro atoms. The lowest BCUT2D eigenvalue weighted by molar-refractivity contribution is -0.117. The normalized spacial score (nSPS) is 14.4. The molecule has 1 fully saturated rings. The summed E-state index contributed by atoms with van der Waals surface area (Å²) < 4.78 is 15.9. The predicted molar refractivity (Wildman–Crippen MR) is 111 cm³/mol. The molecule has 0 bridgehead atoms. The summed E-state index contributed by atoms with van der Waals surface area (Å²) in [6.45, 7) is 3.24. The van der Waals surface area contributed by atoms with Gasteiger partial charge in [-0.3, -0.25) is 9.69 Å². The van der Waals surface area contributed by atoms with E-state index in [0.29, 0.717) is 22.9 Å². The highest BCUT2D eigenvalue weighted by atomic mass is 16.5. The minimum Gasteiger partial charge on any atom is -0.506 e. The van der Waals surface area contributed by atoms with E-state index >= 15 is 0 Å². The highest BCUT2D eigenvalue weighted by molar-refractivity contribution is 5.93. The molecular formula is C21H27N3O5. The Labute approximate surface area is 170 Å². The number of methoxy groups -OCH3 is 3. The summed E-state index contributed by atoms with van der Waals surface area (Å²) in [5, 5.41) is 12.9. The fraction of sp³-hybridized carbons (Fsp3) is 0.381. The van der Waals surface area contributed by atoms with Gasteiger partial charge in [-0.05, 0) is 12.1 Å². The van der Waals surface area contributed by atoms with E-state index in [1.54, 1.807) is 18.2 Å². The van der Waals surface area contributed by atoms with E-state index in [4.69, 9.17) is 14.2 Å². The number of benzene rings is 2.